The lowest BCUT2D eigenvalue weighted by molar-refractivity contribution is -0.139. The van der Waals surface area contributed by atoms with Crippen molar-refractivity contribution in [2.75, 3.05) is 12.4 Å². The predicted octanol–water partition coefficient (Wildman–Crippen LogP) is 4.69. The molecule has 0 radical (unpaired) electrons. The third kappa shape index (κ3) is 7.28. The number of hydrazone groups is 1. The van der Waals surface area contributed by atoms with Gasteiger partial charge in [-0.2, -0.15) is 5.10 Å². The van der Waals surface area contributed by atoms with Crippen molar-refractivity contribution in [2.45, 2.75) is 14.4 Å². The molecule has 178 valence electrons. The van der Waals surface area contributed by atoms with Gasteiger partial charge in [0.15, 0.2) is 15.3 Å². The van der Waals surface area contributed by atoms with Gasteiger partial charge in [0, 0.05) is 11.3 Å². The number of hydrogen-bond acceptors (Lipinski definition) is 9. The second kappa shape index (κ2) is 12.3. The van der Waals surface area contributed by atoms with Gasteiger partial charge in [-0.1, -0.05) is 89.5 Å². The molecule has 0 saturated carbocycles. The smallest absolute Gasteiger partial charge is 0.341 e. The molecule has 0 aliphatic heterocycles. The molecule has 0 fully saturated rings. The van der Waals surface area contributed by atoms with Crippen LogP contribution in [0.4, 0.5) is 0 Å². The number of carbonyl (C=O) groups is 2. The van der Waals surface area contributed by atoms with E-state index in [0.717, 1.165) is 10.1 Å². The molecule has 1 aromatic heterocycles. The molecular weight excluding hydrogens is 504 g/mol. The van der Waals surface area contributed by atoms with Gasteiger partial charge in [-0.15, -0.1) is 10.2 Å². The molecule has 0 saturated heterocycles. The summed E-state index contributed by atoms with van der Waals surface area (Å²) >= 11 is 4.36. The fourth-order valence-corrected chi connectivity index (χ4v) is 5.88. The first-order valence-electron chi connectivity index (χ1n) is 10.4. The van der Waals surface area contributed by atoms with Gasteiger partial charge >= 0.3 is 5.97 Å². The first-order valence-corrected chi connectivity index (χ1v) is 13.2. The number of carboxylic acid groups (broad SMARTS) is 1. The Bertz CT molecular complexity index is 1350. The van der Waals surface area contributed by atoms with Gasteiger partial charge in [-0.05, 0) is 28.5 Å². The summed E-state index contributed by atoms with van der Waals surface area (Å²) in [7, 11) is 0. The predicted molar refractivity (Wildman–Crippen MR) is 139 cm³/mol. The number of rotatable bonds is 11. The molecule has 1 heterocycles. The second-order valence-corrected chi connectivity index (χ2v) is 10.5. The maximum absolute atomic E-state index is 12.1. The highest BCUT2D eigenvalue weighted by molar-refractivity contribution is 8.03. The second-order valence-electron chi connectivity index (χ2n) is 7.06. The van der Waals surface area contributed by atoms with Crippen LogP contribution in [0.25, 0.3) is 10.8 Å². The zero-order valence-electron chi connectivity index (χ0n) is 18.3. The Morgan fingerprint density at radius 3 is 2.60 bits per heavy atom. The number of amides is 1. The number of carbonyl (C=O) groups excluding carboxylic acids is 1. The number of benzene rings is 3. The summed E-state index contributed by atoms with van der Waals surface area (Å²) < 4.78 is 6.76. The van der Waals surface area contributed by atoms with Crippen molar-refractivity contribution in [3.05, 3.63) is 77.9 Å². The van der Waals surface area contributed by atoms with Crippen LogP contribution in [-0.2, 0) is 15.3 Å². The van der Waals surface area contributed by atoms with E-state index in [-0.39, 0.29) is 11.7 Å². The fourth-order valence-electron chi connectivity index (χ4n) is 3.06. The molecule has 0 bridgehead atoms. The fraction of sp³-hybridized carbons (Fsp3) is 0.125. The third-order valence-corrected chi connectivity index (χ3v) is 7.85. The van der Waals surface area contributed by atoms with Crippen LogP contribution in [0.2, 0.25) is 0 Å². The van der Waals surface area contributed by atoms with E-state index in [0.29, 0.717) is 15.7 Å². The van der Waals surface area contributed by atoms with E-state index in [1.807, 2.05) is 12.1 Å². The van der Waals surface area contributed by atoms with Crippen LogP contribution in [0.5, 0.6) is 5.75 Å². The molecule has 0 aliphatic rings. The van der Waals surface area contributed by atoms with Crippen LogP contribution in [0.3, 0.4) is 0 Å². The summed E-state index contributed by atoms with van der Waals surface area (Å²) in [4.78, 5) is 22.8. The number of carboxylic acids is 1. The number of nitrogens with one attached hydrogen (secondary N) is 1. The van der Waals surface area contributed by atoms with Crippen molar-refractivity contribution in [1.29, 1.82) is 0 Å². The summed E-state index contributed by atoms with van der Waals surface area (Å²) in [6.45, 7) is -0.460. The van der Waals surface area contributed by atoms with Crippen molar-refractivity contribution in [2.24, 2.45) is 5.10 Å². The molecular formula is C24H20N4O4S3. The minimum absolute atomic E-state index is 0.136. The first kappa shape index (κ1) is 24.7. The van der Waals surface area contributed by atoms with E-state index in [1.54, 1.807) is 36.0 Å². The van der Waals surface area contributed by atoms with Crippen LogP contribution in [0.1, 0.15) is 11.1 Å². The standard InChI is InChI=1S/C24H20N4O4S3/c29-21(26-25-12-17-7-2-4-11-20(17)32-13-22(30)31)15-34-24-28-27-23(35-24)33-14-18-9-5-8-16-6-1-3-10-19(16)18/h1-12H,13-15H2,(H,26,29)(H,30,31)/b25-12-. The Hall–Kier alpha value is -3.41. The monoisotopic (exact) mass is 524 g/mol. The van der Waals surface area contributed by atoms with Gasteiger partial charge in [0.1, 0.15) is 5.75 Å². The molecule has 8 nitrogen and oxygen atoms in total. The lowest BCUT2D eigenvalue weighted by Gasteiger charge is -2.06. The quantitative estimate of drug-likeness (QED) is 0.165. The number of aliphatic carboxylic acids is 1. The van der Waals surface area contributed by atoms with E-state index in [4.69, 9.17) is 9.84 Å². The molecule has 4 aromatic rings. The summed E-state index contributed by atoms with van der Waals surface area (Å²) in [5.41, 5.74) is 4.25. The molecule has 1 amide bonds. The zero-order valence-corrected chi connectivity index (χ0v) is 20.7. The van der Waals surface area contributed by atoms with Gasteiger partial charge in [0.2, 0.25) is 0 Å². The Morgan fingerprint density at radius 2 is 1.74 bits per heavy atom. The summed E-state index contributed by atoms with van der Waals surface area (Å²) in [5, 5.41) is 23.5. The van der Waals surface area contributed by atoms with E-state index in [9.17, 15) is 9.59 Å². The highest BCUT2D eigenvalue weighted by atomic mass is 32.2. The number of nitrogens with zero attached hydrogens (tertiary/aromatic N) is 3. The average molecular weight is 525 g/mol. The molecule has 2 N–H and O–H groups in total. The van der Waals surface area contributed by atoms with Gasteiger partial charge in [-0.25, -0.2) is 10.2 Å². The number of para-hydroxylation sites is 1. The Balaban J connectivity index is 1.25. The maximum atomic E-state index is 12.1. The number of aromatic nitrogens is 2. The average Bonchev–Trinajstić information content (AvgIpc) is 3.33. The van der Waals surface area contributed by atoms with Gasteiger partial charge in [-0.3, -0.25) is 4.79 Å². The van der Waals surface area contributed by atoms with Gasteiger partial charge in [0.05, 0.1) is 12.0 Å². The molecule has 3 aromatic carbocycles. The third-order valence-electron chi connectivity index (χ3n) is 4.61. The van der Waals surface area contributed by atoms with Crippen molar-refractivity contribution >= 4 is 63.7 Å². The van der Waals surface area contributed by atoms with Crippen LogP contribution in [0, 0.1) is 0 Å². The molecule has 0 spiro atoms. The van der Waals surface area contributed by atoms with Crippen LogP contribution in [0.15, 0.2) is 80.5 Å². The van der Waals surface area contributed by atoms with Crippen molar-refractivity contribution < 1.29 is 19.4 Å². The van der Waals surface area contributed by atoms with Crippen molar-refractivity contribution in [3.8, 4) is 5.75 Å². The zero-order chi connectivity index (χ0) is 24.5. The Kier molecular flexibility index (Phi) is 8.71. The SMILES string of the molecule is O=C(O)COc1ccccc1/C=N\NC(=O)CSc1nnc(SCc2cccc3ccccc23)s1. The van der Waals surface area contributed by atoms with Crippen molar-refractivity contribution in [1.82, 2.24) is 15.6 Å². The Morgan fingerprint density at radius 1 is 1.00 bits per heavy atom. The maximum Gasteiger partial charge on any atom is 0.341 e. The lowest BCUT2D eigenvalue weighted by atomic mass is 10.1. The summed E-state index contributed by atoms with van der Waals surface area (Å²) in [5.74, 6) is -0.0844. The molecule has 0 atom stereocenters. The molecule has 35 heavy (non-hydrogen) atoms. The number of hydrogen-bond donors (Lipinski definition) is 2. The first-order chi connectivity index (χ1) is 17.1. The molecule has 0 unspecified atom stereocenters. The number of ether oxygens (including phenoxy) is 1. The summed E-state index contributed by atoms with van der Waals surface area (Å²) in [6.07, 6.45) is 1.41. The lowest BCUT2D eigenvalue weighted by Crippen LogP contribution is -2.19. The van der Waals surface area contributed by atoms with Crippen LogP contribution >= 0.6 is 34.9 Å². The van der Waals surface area contributed by atoms with E-state index in [2.05, 4.69) is 51.1 Å². The van der Waals surface area contributed by atoms with Gasteiger partial charge < -0.3 is 9.84 Å². The van der Waals surface area contributed by atoms with E-state index < -0.39 is 12.6 Å². The molecule has 0 aliphatic carbocycles. The van der Waals surface area contributed by atoms with Crippen LogP contribution < -0.4 is 10.2 Å². The normalized spacial score (nSPS) is 11.1. The number of fused-ring (bicyclic) bond motifs is 1. The topological polar surface area (TPSA) is 114 Å². The van der Waals surface area contributed by atoms with Gasteiger partial charge in [0.25, 0.3) is 5.91 Å². The van der Waals surface area contributed by atoms with Crippen molar-refractivity contribution in [3.63, 3.8) is 0 Å². The van der Waals surface area contributed by atoms with E-state index in [1.165, 1.54) is 45.6 Å². The largest absolute Gasteiger partial charge is 0.481 e. The number of thioether (sulfide) groups is 2. The van der Waals surface area contributed by atoms with E-state index >= 15 is 0 Å². The highest BCUT2D eigenvalue weighted by Gasteiger charge is 2.10. The minimum atomic E-state index is -1.08. The molecule has 11 heteroatoms. The highest BCUT2D eigenvalue weighted by Crippen LogP contribution is 2.32. The molecule has 4 rings (SSSR count). The minimum Gasteiger partial charge on any atom is -0.481 e. The summed E-state index contributed by atoms with van der Waals surface area (Å²) in [6, 6.07) is 21.4. The Labute approximate surface area is 213 Å². The van der Waals surface area contributed by atoms with Crippen LogP contribution in [-0.4, -0.2) is 45.8 Å².